The minimum absolute atomic E-state index is 0.135. The van der Waals surface area contributed by atoms with Crippen molar-refractivity contribution in [2.24, 2.45) is 5.73 Å². The molecule has 0 spiro atoms. The van der Waals surface area contributed by atoms with Crippen molar-refractivity contribution in [3.05, 3.63) is 28.8 Å². The third-order valence-corrected chi connectivity index (χ3v) is 3.13. The molecule has 2 N–H and O–H groups in total. The number of rotatable bonds is 3. The fraction of sp³-hybridized carbons (Fsp3) is 0.533. The van der Waals surface area contributed by atoms with E-state index in [1.165, 1.54) is 16.7 Å². The van der Waals surface area contributed by atoms with E-state index in [0.717, 1.165) is 5.69 Å². The molecule has 0 aliphatic rings. The lowest BCUT2D eigenvalue weighted by Crippen LogP contribution is -2.31. The van der Waals surface area contributed by atoms with Gasteiger partial charge < -0.3 is 10.6 Å². The molecule has 0 radical (unpaired) electrons. The van der Waals surface area contributed by atoms with Gasteiger partial charge in [0, 0.05) is 12.7 Å². The Bertz CT molecular complexity index is 435. The first-order chi connectivity index (χ1) is 8.12. The number of carbonyl (C=O) groups excluding carboxylic acids is 1. The number of nitrogens with two attached hydrogens (primary N) is 1. The number of primary amides is 1. The van der Waals surface area contributed by atoms with Gasteiger partial charge in [0.05, 0.1) is 6.54 Å². The SMILES string of the molecule is Cc1cc(C(C)(C)C)cc(C)c1N(C)CC(N)=O. The first kappa shape index (κ1) is 14.6. The molecule has 1 aromatic rings. The van der Waals surface area contributed by atoms with Crippen molar-refractivity contribution in [1.82, 2.24) is 0 Å². The molecule has 1 amide bonds. The highest BCUT2D eigenvalue weighted by molar-refractivity contribution is 5.80. The van der Waals surface area contributed by atoms with E-state index in [0.29, 0.717) is 0 Å². The summed E-state index contributed by atoms with van der Waals surface area (Å²) in [6, 6.07) is 4.39. The van der Waals surface area contributed by atoms with Crippen LogP contribution >= 0.6 is 0 Å². The molecule has 0 aromatic heterocycles. The molecule has 0 unspecified atom stereocenters. The minimum Gasteiger partial charge on any atom is -0.368 e. The third-order valence-electron chi connectivity index (χ3n) is 3.13. The van der Waals surface area contributed by atoms with Gasteiger partial charge in [-0.25, -0.2) is 0 Å². The highest BCUT2D eigenvalue weighted by Crippen LogP contribution is 2.31. The van der Waals surface area contributed by atoms with Gasteiger partial charge in [-0.2, -0.15) is 0 Å². The number of benzene rings is 1. The van der Waals surface area contributed by atoms with Crippen LogP contribution in [-0.2, 0) is 10.2 Å². The molecular formula is C15H24N2O. The number of hydrogen-bond acceptors (Lipinski definition) is 2. The Balaban J connectivity index is 3.20. The topological polar surface area (TPSA) is 46.3 Å². The highest BCUT2D eigenvalue weighted by Gasteiger charge is 2.18. The zero-order valence-electron chi connectivity index (χ0n) is 12.3. The molecule has 100 valence electrons. The molecule has 0 bridgehead atoms. The van der Waals surface area contributed by atoms with Gasteiger partial charge in [-0.05, 0) is 36.0 Å². The number of amides is 1. The van der Waals surface area contributed by atoms with E-state index in [1.54, 1.807) is 0 Å². The molecule has 0 aliphatic carbocycles. The van der Waals surface area contributed by atoms with Gasteiger partial charge in [0.2, 0.25) is 5.91 Å². The summed E-state index contributed by atoms with van der Waals surface area (Å²) in [6.07, 6.45) is 0. The van der Waals surface area contributed by atoms with Gasteiger partial charge in [-0.1, -0.05) is 32.9 Å². The van der Waals surface area contributed by atoms with E-state index in [4.69, 9.17) is 5.73 Å². The standard InChI is InChI=1S/C15H24N2O/c1-10-7-12(15(3,4)5)8-11(2)14(10)17(6)9-13(16)18/h7-8H,9H2,1-6H3,(H2,16,18). The van der Waals surface area contributed by atoms with E-state index in [2.05, 4.69) is 46.8 Å². The van der Waals surface area contributed by atoms with E-state index >= 15 is 0 Å². The average Bonchev–Trinajstić information content (AvgIpc) is 2.13. The van der Waals surface area contributed by atoms with E-state index in [1.807, 2.05) is 11.9 Å². The van der Waals surface area contributed by atoms with Crippen LogP contribution in [0.4, 0.5) is 5.69 Å². The van der Waals surface area contributed by atoms with E-state index in [9.17, 15) is 4.79 Å². The summed E-state index contributed by atoms with van der Waals surface area (Å²) in [7, 11) is 1.90. The van der Waals surface area contributed by atoms with Gasteiger partial charge >= 0.3 is 0 Å². The first-order valence-electron chi connectivity index (χ1n) is 6.24. The lowest BCUT2D eigenvalue weighted by Gasteiger charge is -2.26. The summed E-state index contributed by atoms with van der Waals surface area (Å²) in [5.74, 6) is -0.309. The zero-order valence-corrected chi connectivity index (χ0v) is 12.3. The molecule has 0 fully saturated rings. The Morgan fingerprint density at radius 3 is 2.00 bits per heavy atom. The maximum Gasteiger partial charge on any atom is 0.236 e. The quantitative estimate of drug-likeness (QED) is 0.893. The summed E-state index contributed by atoms with van der Waals surface area (Å²) in [4.78, 5) is 12.9. The molecule has 1 rings (SSSR count). The monoisotopic (exact) mass is 248 g/mol. The van der Waals surface area contributed by atoms with Crippen molar-refractivity contribution in [3.63, 3.8) is 0 Å². The maximum atomic E-state index is 11.0. The minimum atomic E-state index is -0.309. The molecule has 0 aliphatic heterocycles. The number of carbonyl (C=O) groups is 1. The summed E-state index contributed by atoms with van der Waals surface area (Å²) in [5.41, 5.74) is 10.2. The Kier molecular flexibility index (Phi) is 4.05. The Labute approximate surface area is 110 Å². The summed E-state index contributed by atoms with van der Waals surface area (Å²) < 4.78 is 0. The van der Waals surface area contributed by atoms with Gasteiger partial charge in [0.15, 0.2) is 0 Å². The molecule has 3 nitrogen and oxygen atoms in total. The molecule has 0 saturated heterocycles. The average molecular weight is 248 g/mol. The van der Waals surface area contributed by atoms with Crippen LogP contribution < -0.4 is 10.6 Å². The largest absolute Gasteiger partial charge is 0.368 e. The molecule has 3 heteroatoms. The smallest absolute Gasteiger partial charge is 0.236 e. The van der Waals surface area contributed by atoms with Crippen molar-refractivity contribution in [2.45, 2.75) is 40.0 Å². The summed E-state index contributed by atoms with van der Waals surface area (Å²) in [5, 5.41) is 0. The lowest BCUT2D eigenvalue weighted by molar-refractivity contribution is -0.116. The van der Waals surface area contributed by atoms with Crippen molar-refractivity contribution in [3.8, 4) is 0 Å². The number of anilines is 1. The van der Waals surface area contributed by atoms with Crippen molar-refractivity contribution < 1.29 is 4.79 Å². The van der Waals surface area contributed by atoms with Crippen LogP contribution in [0.2, 0.25) is 0 Å². The number of aryl methyl sites for hydroxylation is 2. The summed E-state index contributed by atoms with van der Waals surface area (Å²) >= 11 is 0. The predicted molar refractivity (Wildman–Crippen MR) is 77.1 cm³/mol. The van der Waals surface area contributed by atoms with Crippen molar-refractivity contribution in [2.75, 3.05) is 18.5 Å². The lowest BCUT2D eigenvalue weighted by atomic mass is 9.84. The van der Waals surface area contributed by atoms with Crippen LogP contribution in [-0.4, -0.2) is 19.5 Å². The second-order valence-electron chi connectivity index (χ2n) is 6.03. The van der Waals surface area contributed by atoms with E-state index < -0.39 is 0 Å². The fourth-order valence-corrected chi connectivity index (χ4v) is 2.30. The van der Waals surface area contributed by atoms with Gasteiger partial charge in [-0.15, -0.1) is 0 Å². The Morgan fingerprint density at radius 2 is 1.67 bits per heavy atom. The molecule has 18 heavy (non-hydrogen) atoms. The van der Waals surface area contributed by atoms with Crippen LogP contribution in [0.1, 0.15) is 37.5 Å². The van der Waals surface area contributed by atoms with E-state index in [-0.39, 0.29) is 17.9 Å². The second kappa shape index (κ2) is 5.01. The van der Waals surface area contributed by atoms with Gasteiger partial charge in [0.1, 0.15) is 0 Å². The molecule has 0 saturated carbocycles. The summed E-state index contributed by atoms with van der Waals surface area (Å²) in [6.45, 7) is 11.0. The Hall–Kier alpha value is -1.51. The number of likely N-dealkylation sites (N-methyl/N-ethyl adjacent to an activating group) is 1. The highest BCUT2D eigenvalue weighted by atomic mass is 16.1. The van der Waals surface area contributed by atoms with Gasteiger partial charge in [0.25, 0.3) is 0 Å². The van der Waals surface area contributed by atoms with Crippen LogP contribution in [0.15, 0.2) is 12.1 Å². The van der Waals surface area contributed by atoms with Crippen LogP contribution in [0.25, 0.3) is 0 Å². The van der Waals surface area contributed by atoms with Crippen LogP contribution in [0, 0.1) is 13.8 Å². The normalized spacial score (nSPS) is 11.4. The third kappa shape index (κ3) is 3.25. The number of hydrogen-bond donors (Lipinski definition) is 1. The molecule has 1 aromatic carbocycles. The van der Waals surface area contributed by atoms with Crippen LogP contribution in [0.5, 0.6) is 0 Å². The predicted octanol–water partition coefficient (Wildman–Crippen LogP) is 2.52. The molecule has 0 atom stereocenters. The molecule has 0 heterocycles. The van der Waals surface area contributed by atoms with Crippen molar-refractivity contribution in [1.29, 1.82) is 0 Å². The Morgan fingerprint density at radius 1 is 1.22 bits per heavy atom. The number of nitrogens with zero attached hydrogens (tertiary/aromatic N) is 1. The van der Waals surface area contributed by atoms with Gasteiger partial charge in [-0.3, -0.25) is 4.79 Å². The first-order valence-corrected chi connectivity index (χ1v) is 6.24. The zero-order chi connectivity index (χ0) is 14.1. The fourth-order valence-electron chi connectivity index (χ4n) is 2.30. The maximum absolute atomic E-state index is 11.0. The van der Waals surface area contributed by atoms with Crippen molar-refractivity contribution >= 4 is 11.6 Å². The van der Waals surface area contributed by atoms with Crippen LogP contribution in [0.3, 0.4) is 0 Å². The molecular weight excluding hydrogens is 224 g/mol. The second-order valence-corrected chi connectivity index (χ2v) is 6.03.